The highest BCUT2D eigenvalue weighted by molar-refractivity contribution is 5.78. The highest BCUT2D eigenvalue weighted by Gasteiger charge is 2.04. The number of hydrogen-bond donors (Lipinski definition) is 1. The SMILES string of the molecule is CCOc1ccc(CC(=O)NCCn2ccnc2C)cc1. The highest BCUT2D eigenvalue weighted by atomic mass is 16.5. The molecule has 5 heteroatoms. The summed E-state index contributed by atoms with van der Waals surface area (Å²) in [5, 5.41) is 2.92. The molecule has 21 heavy (non-hydrogen) atoms. The summed E-state index contributed by atoms with van der Waals surface area (Å²) >= 11 is 0. The van der Waals surface area contributed by atoms with Crippen molar-refractivity contribution in [2.24, 2.45) is 0 Å². The number of carbonyl (C=O) groups is 1. The monoisotopic (exact) mass is 287 g/mol. The molecule has 112 valence electrons. The van der Waals surface area contributed by atoms with Gasteiger partial charge in [-0.25, -0.2) is 4.98 Å². The first kappa shape index (κ1) is 15.1. The minimum atomic E-state index is 0.0249. The van der Waals surface area contributed by atoms with Crippen molar-refractivity contribution in [1.82, 2.24) is 14.9 Å². The van der Waals surface area contributed by atoms with E-state index in [4.69, 9.17) is 4.74 Å². The fourth-order valence-corrected chi connectivity index (χ4v) is 2.07. The summed E-state index contributed by atoms with van der Waals surface area (Å²) in [6.07, 6.45) is 4.06. The number of benzene rings is 1. The molecule has 0 aliphatic carbocycles. The van der Waals surface area contributed by atoms with Gasteiger partial charge >= 0.3 is 0 Å². The van der Waals surface area contributed by atoms with Gasteiger partial charge in [0.25, 0.3) is 0 Å². The third-order valence-electron chi connectivity index (χ3n) is 3.20. The van der Waals surface area contributed by atoms with Gasteiger partial charge in [0.2, 0.25) is 5.91 Å². The maximum atomic E-state index is 11.9. The van der Waals surface area contributed by atoms with Gasteiger partial charge < -0.3 is 14.6 Å². The van der Waals surface area contributed by atoms with Crippen molar-refractivity contribution >= 4 is 5.91 Å². The quantitative estimate of drug-likeness (QED) is 0.847. The molecule has 0 atom stereocenters. The predicted molar refractivity (Wildman–Crippen MR) is 81.3 cm³/mol. The van der Waals surface area contributed by atoms with Gasteiger partial charge in [-0.2, -0.15) is 0 Å². The second kappa shape index (κ2) is 7.47. The van der Waals surface area contributed by atoms with Crippen LogP contribution in [0.1, 0.15) is 18.3 Å². The Morgan fingerprint density at radius 3 is 2.71 bits per heavy atom. The van der Waals surface area contributed by atoms with Crippen molar-refractivity contribution in [3.05, 3.63) is 48.0 Å². The number of ether oxygens (including phenoxy) is 1. The lowest BCUT2D eigenvalue weighted by Crippen LogP contribution is -2.28. The lowest BCUT2D eigenvalue weighted by atomic mass is 10.1. The lowest BCUT2D eigenvalue weighted by Gasteiger charge is -2.08. The maximum absolute atomic E-state index is 11.9. The van der Waals surface area contributed by atoms with E-state index in [1.54, 1.807) is 6.20 Å². The van der Waals surface area contributed by atoms with E-state index in [1.807, 2.05) is 48.9 Å². The molecule has 1 heterocycles. The number of imidazole rings is 1. The normalized spacial score (nSPS) is 10.4. The molecule has 5 nitrogen and oxygen atoms in total. The second-order valence-electron chi connectivity index (χ2n) is 4.77. The zero-order valence-electron chi connectivity index (χ0n) is 12.5. The number of rotatable bonds is 7. The van der Waals surface area contributed by atoms with Crippen LogP contribution < -0.4 is 10.1 Å². The van der Waals surface area contributed by atoms with E-state index in [-0.39, 0.29) is 5.91 Å². The number of amides is 1. The second-order valence-corrected chi connectivity index (χ2v) is 4.77. The first-order valence-electron chi connectivity index (χ1n) is 7.15. The molecule has 0 fully saturated rings. The van der Waals surface area contributed by atoms with Gasteiger partial charge in [-0.05, 0) is 31.5 Å². The molecule has 0 bridgehead atoms. The van der Waals surface area contributed by atoms with Crippen molar-refractivity contribution < 1.29 is 9.53 Å². The van der Waals surface area contributed by atoms with Gasteiger partial charge in [0, 0.05) is 25.5 Å². The molecule has 0 radical (unpaired) electrons. The predicted octanol–water partition coefficient (Wildman–Crippen LogP) is 1.95. The van der Waals surface area contributed by atoms with Crippen LogP contribution in [0.4, 0.5) is 0 Å². The van der Waals surface area contributed by atoms with Crippen molar-refractivity contribution in [3.8, 4) is 5.75 Å². The van der Waals surface area contributed by atoms with Crippen LogP contribution in [-0.4, -0.2) is 28.6 Å². The van der Waals surface area contributed by atoms with Crippen LogP contribution in [0.3, 0.4) is 0 Å². The summed E-state index contributed by atoms with van der Waals surface area (Å²) in [6, 6.07) is 7.62. The largest absolute Gasteiger partial charge is 0.494 e. The number of aryl methyl sites for hydroxylation is 1. The van der Waals surface area contributed by atoms with E-state index < -0.39 is 0 Å². The maximum Gasteiger partial charge on any atom is 0.224 e. The van der Waals surface area contributed by atoms with Crippen molar-refractivity contribution in [2.75, 3.05) is 13.2 Å². The number of carbonyl (C=O) groups excluding carboxylic acids is 1. The van der Waals surface area contributed by atoms with Gasteiger partial charge in [0.15, 0.2) is 0 Å². The van der Waals surface area contributed by atoms with Crippen LogP contribution in [0.15, 0.2) is 36.7 Å². The van der Waals surface area contributed by atoms with E-state index in [0.717, 1.165) is 23.7 Å². The summed E-state index contributed by atoms with van der Waals surface area (Å²) in [6.45, 7) is 5.88. The summed E-state index contributed by atoms with van der Waals surface area (Å²) in [7, 11) is 0. The Morgan fingerprint density at radius 2 is 2.10 bits per heavy atom. The average Bonchev–Trinajstić information content (AvgIpc) is 2.87. The Morgan fingerprint density at radius 1 is 1.33 bits per heavy atom. The van der Waals surface area contributed by atoms with Crippen LogP contribution in [-0.2, 0) is 17.8 Å². The van der Waals surface area contributed by atoms with Crippen molar-refractivity contribution in [3.63, 3.8) is 0 Å². The Hall–Kier alpha value is -2.30. The number of hydrogen-bond acceptors (Lipinski definition) is 3. The number of nitrogens with zero attached hydrogens (tertiary/aromatic N) is 2. The van der Waals surface area contributed by atoms with Gasteiger partial charge in [0.1, 0.15) is 11.6 Å². The van der Waals surface area contributed by atoms with Crippen LogP contribution in [0.5, 0.6) is 5.75 Å². The lowest BCUT2D eigenvalue weighted by molar-refractivity contribution is -0.120. The van der Waals surface area contributed by atoms with Crippen LogP contribution in [0.2, 0.25) is 0 Å². The Labute approximate surface area is 125 Å². The molecule has 2 rings (SSSR count). The molecular formula is C16H21N3O2. The Bertz CT molecular complexity index is 575. The van der Waals surface area contributed by atoms with E-state index in [0.29, 0.717) is 19.6 Å². The third kappa shape index (κ3) is 4.63. The first-order chi connectivity index (χ1) is 10.2. The first-order valence-corrected chi connectivity index (χ1v) is 7.15. The van der Waals surface area contributed by atoms with E-state index in [2.05, 4.69) is 10.3 Å². The minimum Gasteiger partial charge on any atom is -0.494 e. The van der Waals surface area contributed by atoms with E-state index in [9.17, 15) is 4.79 Å². The molecule has 1 aromatic heterocycles. The summed E-state index contributed by atoms with van der Waals surface area (Å²) in [5.41, 5.74) is 0.981. The average molecular weight is 287 g/mol. The Balaban J connectivity index is 1.75. The van der Waals surface area contributed by atoms with Gasteiger partial charge in [-0.3, -0.25) is 4.79 Å². The fraction of sp³-hybridized carbons (Fsp3) is 0.375. The van der Waals surface area contributed by atoms with Crippen LogP contribution >= 0.6 is 0 Å². The molecular weight excluding hydrogens is 266 g/mol. The molecule has 1 N–H and O–H groups in total. The molecule has 2 aromatic rings. The number of aromatic nitrogens is 2. The van der Waals surface area contributed by atoms with Crippen molar-refractivity contribution in [2.45, 2.75) is 26.8 Å². The molecule has 1 amide bonds. The van der Waals surface area contributed by atoms with Gasteiger partial charge in [-0.1, -0.05) is 12.1 Å². The standard InChI is InChI=1S/C16H21N3O2/c1-3-21-15-6-4-14(5-7-15)12-16(20)18-9-11-19-10-8-17-13(19)2/h4-8,10H,3,9,11-12H2,1-2H3,(H,18,20). The van der Waals surface area contributed by atoms with Crippen molar-refractivity contribution in [1.29, 1.82) is 0 Å². The smallest absolute Gasteiger partial charge is 0.224 e. The minimum absolute atomic E-state index is 0.0249. The molecule has 0 aliphatic rings. The number of nitrogens with one attached hydrogen (secondary N) is 1. The van der Waals surface area contributed by atoms with E-state index in [1.165, 1.54) is 0 Å². The molecule has 0 spiro atoms. The van der Waals surface area contributed by atoms with Gasteiger partial charge in [-0.15, -0.1) is 0 Å². The molecule has 0 aliphatic heterocycles. The van der Waals surface area contributed by atoms with Gasteiger partial charge in [0.05, 0.1) is 13.0 Å². The fourth-order valence-electron chi connectivity index (χ4n) is 2.07. The molecule has 0 unspecified atom stereocenters. The van der Waals surface area contributed by atoms with E-state index >= 15 is 0 Å². The Kier molecular flexibility index (Phi) is 5.37. The van der Waals surface area contributed by atoms with Crippen LogP contribution in [0, 0.1) is 6.92 Å². The summed E-state index contributed by atoms with van der Waals surface area (Å²) in [4.78, 5) is 16.0. The molecule has 0 saturated carbocycles. The summed E-state index contributed by atoms with van der Waals surface area (Å²) < 4.78 is 7.39. The zero-order chi connectivity index (χ0) is 15.1. The topological polar surface area (TPSA) is 56.1 Å². The zero-order valence-corrected chi connectivity index (χ0v) is 12.5. The molecule has 0 saturated heterocycles. The van der Waals surface area contributed by atoms with Crippen LogP contribution in [0.25, 0.3) is 0 Å². The third-order valence-corrected chi connectivity index (χ3v) is 3.20. The molecule has 1 aromatic carbocycles. The highest BCUT2D eigenvalue weighted by Crippen LogP contribution is 2.12. The summed E-state index contributed by atoms with van der Waals surface area (Å²) in [5.74, 6) is 1.81.